The van der Waals surface area contributed by atoms with E-state index in [2.05, 4.69) is 20.8 Å². The van der Waals surface area contributed by atoms with Gasteiger partial charge in [0.25, 0.3) is 5.91 Å². The molecule has 0 saturated carbocycles. The van der Waals surface area contributed by atoms with Crippen LogP contribution >= 0.6 is 35.0 Å². The van der Waals surface area contributed by atoms with Gasteiger partial charge in [-0.1, -0.05) is 60.9 Å². The first-order valence-corrected chi connectivity index (χ1v) is 12.3. The first kappa shape index (κ1) is 26.0. The largest absolute Gasteiger partial charge is 0.342 e. The monoisotopic (exact) mass is 523 g/mol. The van der Waals surface area contributed by atoms with Crippen molar-refractivity contribution >= 4 is 52.5 Å². The highest BCUT2D eigenvalue weighted by atomic mass is 35.5. The number of nitrogens with one attached hydrogen (secondary N) is 2. The number of hydrogen-bond acceptors (Lipinski definition) is 5. The summed E-state index contributed by atoms with van der Waals surface area (Å²) in [5.74, 6) is -0.653. The first-order chi connectivity index (χ1) is 16.2. The molecule has 0 aliphatic rings. The van der Waals surface area contributed by atoms with Crippen molar-refractivity contribution in [3.8, 4) is 0 Å². The predicted molar refractivity (Wildman–Crippen MR) is 133 cm³/mol. The smallest absolute Gasteiger partial charge is 0.253 e. The summed E-state index contributed by atoms with van der Waals surface area (Å²) in [5, 5.41) is 15.3. The maximum Gasteiger partial charge on any atom is 0.253 e. The average Bonchev–Trinajstić information content (AvgIpc) is 3.19. The molecule has 3 aromatic rings. The second-order valence-corrected chi connectivity index (χ2v) is 9.51. The van der Waals surface area contributed by atoms with E-state index < -0.39 is 11.9 Å². The number of para-hydroxylation sites is 1. The molecule has 2 aromatic carbocycles. The molecule has 0 spiro atoms. The molecule has 1 aromatic heterocycles. The molecule has 1 heterocycles. The summed E-state index contributed by atoms with van der Waals surface area (Å²) in [6, 6.07) is 10.2. The molecule has 3 rings (SSSR count). The Labute approximate surface area is 211 Å². The number of hydrogen-bond donors (Lipinski definition) is 2. The van der Waals surface area contributed by atoms with Gasteiger partial charge in [-0.25, -0.2) is 4.39 Å². The van der Waals surface area contributed by atoms with Crippen LogP contribution < -0.4 is 10.6 Å². The SMILES string of the molecule is CCn1c(SCC(=O)Nc2ccccc2F)nnc1[C@H](NC(=O)c1ccc(Cl)cc1Cl)C(C)C. The minimum atomic E-state index is -0.504. The van der Waals surface area contributed by atoms with Crippen LogP contribution in [0.25, 0.3) is 0 Å². The number of carbonyl (C=O) groups is 2. The van der Waals surface area contributed by atoms with Crippen molar-refractivity contribution in [2.45, 2.75) is 38.5 Å². The first-order valence-electron chi connectivity index (χ1n) is 10.6. The topological polar surface area (TPSA) is 88.9 Å². The van der Waals surface area contributed by atoms with Crippen molar-refractivity contribution in [3.63, 3.8) is 0 Å². The van der Waals surface area contributed by atoms with Gasteiger partial charge >= 0.3 is 0 Å². The normalized spacial score (nSPS) is 12.0. The second kappa shape index (κ2) is 11.7. The summed E-state index contributed by atoms with van der Waals surface area (Å²) in [5.41, 5.74) is 0.424. The fourth-order valence-electron chi connectivity index (χ4n) is 3.24. The molecule has 11 heteroatoms. The Balaban J connectivity index is 1.74. The Morgan fingerprint density at radius 1 is 1.15 bits per heavy atom. The van der Waals surface area contributed by atoms with Crippen molar-refractivity contribution in [1.29, 1.82) is 0 Å². The highest BCUT2D eigenvalue weighted by Crippen LogP contribution is 2.27. The van der Waals surface area contributed by atoms with Gasteiger partial charge in [-0.05, 0) is 43.2 Å². The molecular weight excluding hydrogens is 500 g/mol. The summed E-state index contributed by atoms with van der Waals surface area (Å²) in [7, 11) is 0. The number of anilines is 1. The zero-order valence-electron chi connectivity index (χ0n) is 18.8. The van der Waals surface area contributed by atoms with Crippen LogP contribution in [0.4, 0.5) is 10.1 Å². The van der Waals surface area contributed by atoms with Gasteiger partial charge in [0.15, 0.2) is 11.0 Å². The highest BCUT2D eigenvalue weighted by Gasteiger charge is 2.27. The lowest BCUT2D eigenvalue weighted by atomic mass is 10.0. The van der Waals surface area contributed by atoms with Gasteiger partial charge in [-0.15, -0.1) is 10.2 Å². The minimum absolute atomic E-state index is 0.00766. The summed E-state index contributed by atoms with van der Waals surface area (Å²) in [4.78, 5) is 25.2. The van der Waals surface area contributed by atoms with Crippen molar-refractivity contribution < 1.29 is 14.0 Å². The van der Waals surface area contributed by atoms with Crippen molar-refractivity contribution in [1.82, 2.24) is 20.1 Å². The van der Waals surface area contributed by atoms with Crippen LogP contribution in [0.5, 0.6) is 0 Å². The van der Waals surface area contributed by atoms with Gasteiger partial charge in [-0.2, -0.15) is 0 Å². The number of nitrogens with zero attached hydrogens (tertiary/aromatic N) is 3. The molecule has 0 unspecified atom stereocenters. The summed E-state index contributed by atoms with van der Waals surface area (Å²) in [6.07, 6.45) is 0. The van der Waals surface area contributed by atoms with Gasteiger partial charge in [0.1, 0.15) is 5.82 Å². The lowest BCUT2D eigenvalue weighted by Gasteiger charge is -2.22. The standard InChI is InChI=1S/C23H24Cl2FN5O2S/c1-4-31-21(20(13(2)3)28-22(33)15-10-9-14(24)11-16(15)25)29-30-23(31)34-12-19(32)27-18-8-6-5-7-17(18)26/h5-11,13,20H,4,12H2,1-3H3,(H,27,32)(H,28,33)/t20-/m1/s1. The number of thioether (sulfide) groups is 1. The van der Waals surface area contributed by atoms with E-state index in [4.69, 9.17) is 23.2 Å². The van der Waals surface area contributed by atoms with Crippen molar-refractivity contribution in [2.75, 3.05) is 11.1 Å². The number of halogens is 3. The molecule has 0 bridgehead atoms. The van der Waals surface area contributed by atoms with Crippen molar-refractivity contribution in [3.05, 3.63) is 69.7 Å². The van der Waals surface area contributed by atoms with Gasteiger partial charge in [0.2, 0.25) is 5.91 Å². The molecule has 34 heavy (non-hydrogen) atoms. The van der Waals surface area contributed by atoms with Crippen LogP contribution in [0.3, 0.4) is 0 Å². The van der Waals surface area contributed by atoms with E-state index >= 15 is 0 Å². The van der Waals surface area contributed by atoms with Crippen LogP contribution in [0, 0.1) is 11.7 Å². The maximum atomic E-state index is 13.8. The van der Waals surface area contributed by atoms with Crippen LogP contribution in [-0.4, -0.2) is 32.3 Å². The number of rotatable bonds is 9. The van der Waals surface area contributed by atoms with Gasteiger partial charge in [0, 0.05) is 11.6 Å². The Hall–Kier alpha value is -2.62. The number of aromatic nitrogens is 3. The molecule has 0 aliphatic carbocycles. The number of amides is 2. The summed E-state index contributed by atoms with van der Waals surface area (Å²) < 4.78 is 15.6. The molecule has 2 N–H and O–H groups in total. The van der Waals surface area contributed by atoms with E-state index in [1.807, 2.05) is 25.3 Å². The van der Waals surface area contributed by atoms with Crippen LogP contribution in [0.1, 0.15) is 43.0 Å². The van der Waals surface area contributed by atoms with Crippen LogP contribution in [0.2, 0.25) is 10.0 Å². The average molecular weight is 524 g/mol. The Bertz CT molecular complexity index is 1190. The zero-order chi connectivity index (χ0) is 24.8. The molecule has 180 valence electrons. The lowest BCUT2D eigenvalue weighted by molar-refractivity contribution is -0.113. The summed E-state index contributed by atoms with van der Waals surface area (Å²) in [6.45, 7) is 6.36. The third-order valence-corrected chi connectivity index (χ3v) is 6.46. The molecule has 7 nitrogen and oxygen atoms in total. The molecule has 0 radical (unpaired) electrons. The Morgan fingerprint density at radius 3 is 2.53 bits per heavy atom. The molecule has 0 fully saturated rings. The van der Waals surface area contributed by atoms with Gasteiger partial charge in [0.05, 0.1) is 28.1 Å². The quantitative estimate of drug-likeness (QED) is 0.356. The number of carbonyl (C=O) groups excluding carboxylic acids is 2. The van der Waals surface area contributed by atoms with Gasteiger partial charge in [-0.3, -0.25) is 9.59 Å². The fraction of sp³-hybridized carbons (Fsp3) is 0.304. The molecule has 0 saturated heterocycles. The predicted octanol–water partition coefficient (Wildman–Crippen LogP) is 5.60. The van der Waals surface area contributed by atoms with Crippen molar-refractivity contribution in [2.24, 2.45) is 5.92 Å². The summed E-state index contributed by atoms with van der Waals surface area (Å²) >= 11 is 13.3. The van der Waals surface area contributed by atoms with E-state index in [1.165, 1.54) is 30.0 Å². The molecular formula is C23H24Cl2FN5O2S. The second-order valence-electron chi connectivity index (χ2n) is 7.72. The Morgan fingerprint density at radius 2 is 1.88 bits per heavy atom. The van der Waals surface area contributed by atoms with Gasteiger partial charge < -0.3 is 15.2 Å². The third kappa shape index (κ3) is 6.28. The molecule has 2 amide bonds. The van der Waals surface area contributed by atoms with Crippen LogP contribution in [-0.2, 0) is 11.3 Å². The van der Waals surface area contributed by atoms with E-state index in [-0.39, 0.29) is 34.2 Å². The minimum Gasteiger partial charge on any atom is -0.342 e. The molecule has 1 atom stereocenters. The van der Waals surface area contributed by atoms with E-state index in [0.29, 0.717) is 28.1 Å². The lowest BCUT2D eigenvalue weighted by Crippen LogP contribution is -2.34. The molecule has 0 aliphatic heterocycles. The van der Waals surface area contributed by atoms with E-state index in [9.17, 15) is 14.0 Å². The highest BCUT2D eigenvalue weighted by molar-refractivity contribution is 7.99. The fourth-order valence-corrected chi connectivity index (χ4v) is 4.54. The van der Waals surface area contributed by atoms with E-state index in [1.54, 1.807) is 24.3 Å². The number of benzene rings is 2. The van der Waals surface area contributed by atoms with Crippen LogP contribution in [0.15, 0.2) is 47.6 Å². The third-order valence-electron chi connectivity index (χ3n) is 4.95. The Kier molecular flexibility index (Phi) is 8.93. The van der Waals surface area contributed by atoms with E-state index in [0.717, 1.165) is 0 Å². The zero-order valence-corrected chi connectivity index (χ0v) is 21.1. The maximum absolute atomic E-state index is 13.8.